The molecule has 0 amide bonds. The largest absolute Gasteiger partial charge is 0.509 e. The van der Waals surface area contributed by atoms with Gasteiger partial charge in [-0.3, -0.25) is 9.59 Å². The van der Waals surface area contributed by atoms with Gasteiger partial charge in [-0.25, -0.2) is 4.79 Å². The van der Waals surface area contributed by atoms with E-state index in [1.807, 2.05) is 27.7 Å². The third-order valence-corrected chi connectivity index (χ3v) is 5.32. The minimum Gasteiger partial charge on any atom is -0.427 e. The Morgan fingerprint density at radius 1 is 1.22 bits per heavy atom. The second-order valence-corrected chi connectivity index (χ2v) is 8.41. The number of hydrogen-bond donors (Lipinski definition) is 0. The maximum Gasteiger partial charge on any atom is 0.509 e. The molecule has 0 bridgehead atoms. The van der Waals surface area contributed by atoms with Crippen LogP contribution in [0.3, 0.4) is 0 Å². The molecule has 0 N–H and O–H groups in total. The van der Waals surface area contributed by atoms with Crippen molar-refractivity contribution in [3.05, 3.63) is 0 Å². The summed E-state index contributed by atoms with van der Waals surface area (Å²) >= 11 is 0. The van der Waals surface area contributed by atoms with Crippen LogP contribution in [0, 0.1) is 23.2 Å². The topological polar surface area (TPSA) is 69.7 Å². The van der Waals surface area contributed by atoms with Crippen LogP contribution in [0.4, 0.5) is 4.79 Å². The predicted octanol–water partition coefficient (Wildman–Crippen LogP) is 3.54. The predicted molar refractivity (Wildman–Crippen MR) is 84.9 cm³/mol. The minimum atomic E-state index is -0.734. The Labute approximate surface area is 138 Å². The summed E-state index contributed by atoms with van der Waals surface area (Å²) in [5, 5.41) is 0. The molecule has 1 aliphatic heterocycles. The van der Waals surface area contributed by atoms with Crippen LogP contribution in [0.15, 0.2) is 0 Å². The van der Waals surface area contributed by atoms with Crippen molar-refractivity contribution in [3.63, 3.8) is 0 Å². The van der Waals surface area contributed by atoms with Gasteiger partial charge in [0.15, 0.2) is 0 Å². The molecule has 23 heavy (non-hydrogen) atoms. The van der Waals surface area contributed by atoms with Gasteiger partial charge in [-0.2, -0.15) is 0 Å². The Hall–Kier alpha value is -1.39. The van der Waals surface area contributed by atoms with Crippen LogP contribution < -0.4 is 0 Å². The Morgan fingerprint density at radius 3 is 2.30 bits per heavy atom. The Bertz CT molecular complexity index is 518. The number of cyclic esters (lactones) is 2. The molecule has 0 aromatic heterocycles. The van der Waals surface area contributed by atoms with Crippen LogP contribution in [-0.4, -0.2) is 29.4 Å². The summed E-state index contributed by atoms with van der Waals surface area (Å²) in [7, 11) is 0. The summed E-state index contributed by atoms with van der Waals surface area (Å²) in [5.41, 5.74) is -1.05. The van der Waals surface area contributed by atoms with Crippen LogP contribution in [-0.2, 0) is 19.1 Å². The molecule has 5 heteroatoms. The van der Waals surface area contributed by atoms with Crippen molar-refractivity contribution in [1.82, 2.24) is 0 Å². The van der Waals surface area contributed by atoms with Crippen molar-refractivity contribution in [2.24, 2.45) is 23.2 Å². The van der Waals surface area contributed by atoms with E-state index >= 15 is 0 Å². The molecule has 0 aromatic carbocycles. The maximum absolute atomic E-state index is 13.0. The lowest BCUT2D eigenvalue weighted by molar-refractivity contribution is -0.146. The molecule has 2 rings (SSSR count). The van der Waals surface area contributed by atoms with Gasteiger partial charge in [-0.1, -0.05) is 27.7 Å². The van der Waals surface area contributed by atoms with Gasteiger partial charge in [0.2, 0.25) is 0 Å². The number of rotatable bonds is 4. The first kappa shape index (κ1) is 18.0. The molecular formula is C18H28O5. The standard InChI is InChI=1S/C18H28O5/c1-10(2)14(19)13-15(20)11(7-8-17(13,3)4)9-12-18(5,6)23-16(21)22-12/h10-13H,7-9H2,1-6H3/t11-,12+,13-/m1/s1. The normalized spacial score (nSPS) is 32.6. The number of Topliss-reactive ketones (excluding diaryl/α,β-unsaturated/α-hetero) is 2. The lowest BCUT2D eigenvalue weighted by atomic mass is 9.61. The van der Waals surface area contributed by atoms with E-state index < -0.39 is 23.8 Å². The molecule has 1 saturated carbocycles. The lowest BCUT2D eigenvalue weighted by Crippen LogP contribution is -2.48. The zero-order valence-electron chi connectivity index (χ0n) is 15.0. The molecule has 1 saturated heterocycles. The molecule has 3 atom stereocenters. The van der Waals surface area contributed by atoms with E-state index in [-0.39, 0.29) is 28.8 Å². The monoisotopic (exact) mass is 324 g/mol. The first-order valence-corrected chi connectivity index (χ1v) is 8.43. The van der Waals surface area contributed by atoms with Crippen LogP contribution in [0.2, 0.25) is 0 Å². The summed E-state index contributed by atoms with van der Waals surface area (Å²) in [5.74, 6) is -0.967. The number of ether oxygens (including phenoxy) is 2. The van der Waals surface area contributed by atoms with E-state index in [9.17, 15) is 14.4 Å². The Morgan fingerprint density at radius 2 is 1.83 bits per heavy atom. The van der Waals surface area contributed by atoms with E-state index in [1.54, 1.807) is 13.8 Å². The number of carbonyl (C=O) groups is 3. The van der Waals surface area contributed by atoms with Crippen molar-refractivity contribution < 1.29 is 23.9 Å². The van der Waals surface area contributed by atoms with Gasteiger partial charge in [-0.05, 0) is 38.5 Å². The molecule has 1 aliphatic carbocycles. The minimum absolute atomic E-state index is 0.00120. The van der Waals surface area contributed by atoms with E-state index in [1.165, 1.54) is 0 Å². The highest BCUT2D eigenvalue weighted by Gasteiger charge is 2.51. The SMILES string of the molecule is CC(C)C(=O)[C@@H]1C(=O)[C@@H](C[C@@H]2OC(=O)OC2(C)C)CCC1(C)C. The van der Waals surface area contributed by atoms with Gasteiger partial charge in [0, 0.05) is 11.8 Å². The third kappa shape index (κ3) is 3.43. The van der Waals surface area contributed by atoms with E-state index in [4.69, 9.17) is 9.47 Å². The van der Waals surface area contributed by atoms with Gasteiger partial charge in [0.1, 0.15) is 23.3 Å². The third-order valence-electron chi connectivity index (χ3n) is 5.32. The average molecular weight is 324 g/mol. The second-order valence-electron chi connectivity index (χ2n) is 8.41. The summed E-state index contributed by atoms with van der Waals surface area (Å²) in [6, 6.07) is 0. The highest BCUT2D eigenvalue weighted by atomic mass is 16.8. The number of hydrogen-bond acceptors (Lipinski definition) is 5. The van der Waals surface area contributed by atoms with Gasteiger partial charge >= 0.3 is 6.16 Å². The fourth-order valence-electron chi connectivity index (χ4n) is 3.70. The molecule has 0 radical (unpaired) electrons. The van der Waals surface area contributed by atoms with Crippen molar-refractivity contribution in [2.45, 2.75) is 72.5 Å². The van der Waals surface area contributed by atoms with Crippen molar-refractivity contribution in [3.8, 4) is 0 Å². The summed E-state index contributed by atoms with van der Waals surface area (Å²) in [4.78, 5) is 36.9. The zero-order chi connectivity index (χ0) is 17.6. The molecule has 0 aromatic rings. The van der Waals surface area contributed by atoms with E-state index in [0.29, 0.717) is 6.42 Å². The first-order chi connectivity index (χ1) is 10.5. The molecule has 130 valence electrons. The fraction of sp³-hybridized carbons (Fsp3) is 0.833. The van der Waals surface area contributed by atoms with Crippen molar-refractivity contribution >= 4 is 17.7 Å². The zero-order valence-corrected chi connectivity index (χ0v) is 15.0. The van der Waals surface area contributed by atoms with Crippen LogP contribution >= 0.6 is 0 Å². The summed E-state index contributed by atoms with van der Waals surface area (Å²) < 4.78 is 10.4. The molecule has 5 nitrogen and oxygen atoms in total. The Balaban J connectivity index is 2.17. The first-order valence-electron chi connectivity index (χ1n) is 8.43. The highest BCUT2D eigenvalue weighted by molar-refractivity contribution is 6.05. The summed E-state index contributed by atoms with van der Waals surface area (Å²) in [6.45, 7) is 11.2. The molecule has 1 heterocycles. The number of carbonyl (C=O) groups excluding carboxylic acids is 3. The van der Waals surface area contributed by atoms with Crippen LogP contribution in [0.25, 0.3) is 0 Å². The van der Waals surface area contributed by atoms with E-state index in [2.05, 4.69) is 0 Å². The quantitative estimate of drug-likeness (QED) is 0.584. The van der Waals surface area contributed by atoms with Crippen molar-refractivity contribution in [1.29, 1.82) is 0 Å². The second kappa shape index (κ2) is 5.91. The fourth-order valence-corrected chi connectivity index (χ4v) is 3.70. The highest BCUT2D eigenvalue weighted by Crippen LogP contribution is 2.45. The molecule has 0 unspecified atom stereocenters. The summed E-state index contributed by atoms with van der Waals surface area (Å²) in [6.07, 6.45) is 0.834. The average Bonchev–Trinajstić information content (AvgIpc) is 2.65. The van der Waals surface area contributed by atoms with Gasteiger partial charge in [0.25, 0.3) is 0 Å². The molecule has 2 aliphatic rings. The molecule has 2 fully saturated rings. The lowest BCUT2D eigenvalue weighted by Gasteiger charge is -2.41. The van der Waals surface area contributed by atoms with Crippen molar-refractivity contribution in [2.75, 3.05) is 0 Å². The van der Waals surface area contributed by atoms with Gasteiger partial charge in [0.05, 0.1) is 5.92 Å². The molecule has 0 spiro atoms. The van der Waals surface area contributed by atoms with Gasteiger partial charge < -0.3 is 9.47 Å². The number of ketones is 2. The van der Waals surface area contributed by atoms with Crippen LogP contribution in [0.5, 0.6) is 0 Å². The Kier molecular flexibility index (Phi) is 4.62. The maximum atomic E-state index is 13.0. The van der Waals surface area contributed by atoms with Crippen LogP contribution in [0.1, 0.15) is 60.8 Å². The smallest absolute Gasteiger partial charge is 0.427 e. The molecular weight excluding hydrogens is 296 g/mol. The van der Waals surface area contributed by atoms with E-state index in [0.717, 1.165) is 12.8 Å². The van der Waals surface area contributed by atoms with Gasteiger partial charge in [-0.15, -0.1) is 0 Å².